The van der Waals surface area contributed by atoms with Gasteiger partial charge in [0.05, 0.1) is 13.2 Å². The molecule has 0 spiro atoms. The summed E-state index contributed by atoms with van der Waals surface area (Å²) in [7, 11) is 1.64. The summed E-state index contributed by atoms with van der Waals surface area (Å²) in [5.74, 6) is 1.37. The number of benzene rings is 2. The molecule has 0 N–H and O–H groups in total. The van der Waals surface area contributed by atoms with Crippen LogP contribution in [0, 0.1) is 0 Å². The van der Waals surface area contributed by atoms with E-state index >= 15 is 0 Å². The number of amides is 1. The highest BCUT2D eigenvalue weighted by Gasteiger charge is 2.30. The van der Waals surface area contributed by atoms with Crippen LogP contribution in [0.4, 0.5) is 0 Å². The van der Waals surface area contributed by atoms with Crippen LogP contribution in [-0.4, -0.2) is 36.9 Å². The van der Waals surface area contributed by atoms with Gasteiger partial charge in [-0.15, -0.1) is 0 Å². The largest absolute Gasteiger partial charge is 0.497 e. The first-order valence-corrected chi connectivity index (χ1v) is 8.75. The lowest BCUT2D eigenvalue weighted by Gasteiger charge is -2.25. The number of ketones is 1. The van der Waals surface area contributed by atoms with Gasteiger partial charge in [0.15, 0.2) is 12.4 Å². The number of Topliss-reactive ketones (excluding diaryl/α,β-unsaturated/α-hetero) is 1. The molecule has 1 fully saturated rings. The molecule has 0 saturated carbocycles. The van der Waals surface area contributed by atoms with E-state index in [4.69, 9.17) is 9.47 Å². The molecule has 1 atom stereocenters. The maximum absolute atomic E-state index is 12.6. The van der Waals surface area contributed by atoms with Gasteiger partial charge in [0.25, 0.3) is 5.91 Å². The van der Waals surface area contributed by atoms with Gasteiger partial charge in [-0.25, -0.2) is 0 Å². The molecule has 136 valence electrons. The van der Waals surface area contributed by atoms with Crippen LogP contribution in [0.1, 0.15) is 41.7 Å². The number of nitrogens with zero attached hydrogens (tertiary/aromatic N) is 1. The smallest absolute Gasteiger partial charge is 0.261 e. The van der Waals surface area contributed by atoms with Crippen LogP contribution in [0.2, 0.25) is 0 Å². The van der Waals surface area contributed by atoms with Crippen LogP contribution in [-0.2, 0) is 4.79 Å². The number of likely N-dealkylation sites (tertiary alicyclic amines) is 1. The maximum atomic E-state index is 12.6. The van der Waals surface area contributed by atoms with Gasteiger partial charge < -0.3 is 14.4 Å². The monoisotopic (exact) mass is 353 g/mol. The summed E-state index contributed by atoms with van der Waals surface area (Å²) in [6, 6.07) is 14.8. The Labute approximate surface area is 153 Å². The van der Waals surface area contributed by atoms with E-state index in [0.29, 0.717) is 11.3 Å². The van der Waals surface area contributed by atoms with Crippen LogP contribution in [0.25, 0.3) is 0 Å². The van der Waals surface area contributed by atoms with Crippen molar-refractivity contribution in [2.45, 2.75) is 25.8 Å². The van der Waals surface area contributed by atoms with Crippen LogP contribution in [0.5, 0.6) is 11.5 Å². The van der Waals surface area contributed by atoms with Gasteiger partial charge in [-0.1, -0.05) is 12.1 Å². The standard InChI is InChI=1S/C21H23NO4/c1-15(23)16-5-11-19(12-6-16)26-14-21(24)22-13-3-4-20(22)17-7-9-18(25-2)10-8-17/h5-12,20H,3-4,13-14H2,1-2H3/t20-/m0/s1. The lowest BCUT2D eigenvalue weighted by molar-refractivity contribution is -0.134. The van der Waals surface area contributed by atoms with E-state index in [1.165, 1.54) is 6.92 Å². The SMILES string of the molecule is COc1ccc([C@@H]2CCCN2C(=O)COc2ccc(C(C)=O)cc2)cc1. The molecule has 0 unspecified atom stereocenters. The van der Waals surface area contributed by atoms with Crippen molar-refractivity contribution in [3.63, 3.8) is 0 Å². The molecule has 1 aliphatic heterocycles. The van der Waals surface area contributed by atoms with Gasteiger partial charge in [0.1, 0.15) is 11.5 Å². The predicted octanol–water partition coefficient (Wildman–Crippen LogP) is 3.64. The Morgan fingerprint density at radius 1 is 1.04 bits per heavy atom. The second-order valence-corrected chi connectivity index (χ2v) is 6.39. The minimum Gasteiger partial charge on any atom is -0.497 e. The highest BCUT2D eigenvalue weighted by molar-refractivity contribution is 5.94. The third-order valence-corrected chi connectivity index (χ3v) is 4.70. The molecule has 2 aromatic rings. The van der Waals surface area contributed by atoms with Gasteiger partial charge in [0, 0.05) is 12.1 Å². The molecule has 3 rings (SSSR count). The molecule has 0 radical (unpaired) electrons. The minimum atomic E-state index is -0.0287. The molecule has 0 aliphatic carbocycles. The van der Waals surface area contributed by atoms with E-state index in [1.54, 1.807) is 31.4 Å². The zero-order chi connectivity index (χ0) is 18.5. The van der Waals surface area contributed by atoms with Crippen molar-refractivity contribution in [3.05, 3.63) is 59.7 Å². The van der Waals surface area contributed by atoms with Crippen molar-refractivity contribution in [1.29, 1.82) is 0 Å². The summed E-state index contributed by atoms with van der Waals surface area (Å²) >= 11 is 0. The fourth-order valence-corrected chi connectivity index (χ4v) is 3.25. The minimum absolute atomic E-state index is 0.00651. The molecule has 26 heavy (non-hydrogen) atoms. The summed E-state index contributed by atoms with van der Waals surface area (Å²) in [6.45, 7) is 2.25. The molecule has 1 amide bonds. The molecule has 1 aliphatic rings. The summed E-state index contributed by atoms with van der Waals surface area (Å²) < 4.78 is 10.8. The molecular formula is C21H23NO4. The van der Waals surface area contributed by atoms with Crippen LogP contribution < -0.4 is 9.47 Å². The summed E-state index contributed by atoms with van der Waals surface area (Å²) in [6.07, 6.45) is 1.93. The first-order chi connectivity index (χ1) is 12.6. The topological polar surface area (TPSA) is 55.8 Å². The lowest BCUT2D eigenvalue weighted by atomic mass is 10.0. The third-order valence-electron chi connectivity index (χ3n) is 4.70. The fourth-order valence-electron chi connectivity index (χ4n) is 3.25. The summed E-state index contributed by atoms with van der Waals surface area (Å²) in [5, 5.41) is 0. The number of hydrogen-bond acceptors (Lipinski definition) is 4. The van der Waals surface area contributed by atoms with E-state index in [0.717, 1.165) is 30.7 Å². The van der Waals surface area contributed by atoms with E-state index < -0.39 is 0 Å². The van der Waals surface area contributed by atoms with Gasteiger partial charge in [-0.2, -0.15) is 0 Å². The molecule has 0 bridgehead atoms. The number of carbonyl (C=O) groups is 2. The van der Waals surface area contributed by atoms with E-state index in [9.17, 15) is 9.59 Å². The number of hydrogen-bond donors (Lipinski definition) is 0. The van der Waals surface area contributed by atoms with E-state index in [-0.39, 0.29) is 24.3 Å². The first-order valence-electron chi connectivity index (χ1n) is 8.75. The molecule has 1 heterocycles. The zero-order valence-electron chi connectivity index (χ0n) is 15.1. The Morgan fingerprint density at radius 2 is 1.69 bits per heavy atom. The quantitative estimate of drug-likeness (QED) is 0.744. The van der Waals surface area contributed by atoms with Crippen molar-refractivity contribution in [2.24, 2.45) is 0 Å². The van der Waals surface area contributed by atoms with E-state index in [1.807, 2.05) is 29.2 Å². The molecule has 0 aromatic heterocycles. The molecule has 5 nitrogen and oxygen atoms in total. The van der Waals surface area contributed by atoms with Crippen LogP contribution in [0.15, 0.2) is 48.5 Å². The van der Waals surface area contributed by atoms with Crippen molar-refractivity contribution in [1.82, 2.24) is 4.90 Å². The Morgan fingerprint density at radius 3 is 2.31 bits per heavy atom. The maximum Gasteiger partial charge on any atom is 0.261 e. The number of rotatable bonds is 6. The zero-order valence-corrected chi connectivity index (χ0v) is 15.1. The third kappa shape index (κ3) is 4.04. The summed E-state index contributed by atoms with van der Waals surface area (Å²) in [5.41, 5.74) is 1.74. The van der Waals surface area contributed by atoms with Crippen molar-refractivity contribution in [3.8, 4) is 11.5 Å². The molecule has 1 saturated heterocycles. The fraction of sp³-hybridized carbons (Fsp3) is 0.333. The summed E-state index contributed by atoms with van der Waals surface area (Å²) in [4.78, 5) is 25.8. The predicted molar refractivity (Wildman–Crippen MR) is 98.6 cm³/mol. The van der Waals surface area contributed by atoms with Gasteiger partial charge in [-0.3, -0.25) is 9.59 Å². The first kappa shape index (κ1) is 18.0. The number of ether oxygens (including phenoxy) is 2. The normalized spacial score (nSPS) is 16.4. The van der Waals surface area contributed by atoms with Crippen molar-refractivity contribution >= 4 is 11.7 Å². The van der Waals surface area contributed by atoms with E-state index in [2.05, 4.69) is 0 Å². The van der Waals surface area contributed by atoms with Crippen LogP contribution >= 0.6 is 0 Å². The van der Waals surface area contributed by atoms with Crippen molar-refractivity contribution in [2.75, 3.05) is 20.3 Å². The Hall–Kier alpha value is -2.82. The highest BCUT2D eigenvalue weighted by atomic mass is 16.5. The Balaban J connectivity index is 1.61. The Kier molecular flexibility index (Phi) is 5.56. The average Bonchev–Trinajstić information content (AvgIpc) is 3.16. The number of carbonyl (C=O) groups excluding carboxylic acids is 2. The lowest BCUT2D eigenvalue weighted by Crippen LogP contribution is -2.34. The molecular weight excluding hydrogens is 330 g/mol. The molecule has 2 aromatic carbocycles. The van der Waals surface area contributed by atoms with Crippen molar-refractivity contribution < 1.29 is 19.1 Å². The van der Waals surface area contributed by atoms with Gasteiger partial charge in [0.2, 0.25) is 0 Å². The second kappa shape index (κ2) is 8.04. The van der Waals surface area contributed by atoms with Gasteiger partial charge >= 0.3 is 0 Å². The Bertz CT molecular complexity index is 768. The van der Waals surface area contributed by atoms with Gasteiger partial charge in [-0.05, 0) is 61.7 Å². The highest BCUT2D eigenvalue weighted by Crippen LogP contribution is 2.32. The second-order valence-electron chi connectivity index (χ2n) is 6.39. The number of methoxy groups -OCH3 is 1. The average molecular weight is 353 g/mol. The van der Waals surface area contributed by atoms with Crippen LogP contribution in [0.3, 0.4) is 0 Å². The molecule has 5 heteroatoms.